The fourth-order valence-corrected chi connectivity index (χ4v) is 2.10. The lowest BCUT2D eigenvalue weighted by atomic mass is 10.1. The Morgan fingerprint density at radius 3 is 2.48 bits per heavy atom. The quantitative estimate of drug-likeness (QED) is 0.641. The van der Waals surface area contributed by atoms with Crippen molar-refractivity contribution in [3.05, 3.63) is 35.1 Å². The van der Waals surface area contributed by atoms with Crippen molar-refractivity contribution in [3.8, 4) is 0 Å². The molecule has 0 N–H and O–H groups in total. The highest BCUT2D eigenvalue weighted by molar-refractivity contribution is 6.04. The summed E-state index contributed by atoms with van der Waals surface area (Å²) in [7, 11) is 7.59. The maximum absolute atomic E-state index is 5.98. The fraction of sp³-hybridized carbons (Fsp3) is 0.375. The van der Waals surface area contributed by atoms with E-state index in [9.17, 15) is 0 Å². The fourth-order valence-electron chi connectivity index (χ4n) is 2.10. The van der Waals surface area contributed by atoms with Crippen molar-refractivity contribution in [2.75, 3.05) is 28.2 Å². The minimum atomic E-state index is 0.785. The molecule has 0 aliphatic heterocycles. The molecule has 0 saturated carbocycles. The Labute approximate surface area is 125 Å². The molecule has 5 heteroatoms. The van der Waals surface area contributed by atoms with Gasteiger partial charge in [-0.25, -0.2) is 0 Å². The number of hydrazone groups is 2. The van der Waals surface area contributed by atoms with Gasteiger partial charge in [0.05, 0.1) is 11.9 Å². The maximum atomic E-state index is 5.98. The number of fused-ring (bicyclic) bond motifs is 1. The summed E-state index contributed by atoms with van der Waals surface area (Å²) in [6.07, 6.45) is 1.85. The van der Waals surface area contributed by atoms with Gasteiger partial charge in [-0.15, -0.1) is 0 Å². The number of furan rings is 1. The second-order valence-corrected chi connectivity index (χ2v) is 5.45. The molecule has 0 unspecified atom stereocenters. The van der Waals surface area contributed by atoms with Gasteiger partial charge in [0.25, 0.3) is 0 Å². The van der Waals surface area contributed by atoms with E-state index in [1.165, 1.54) is 0 Å². The summed E-state index contributed by atoms with van der Waals surface area (Å²) in [5.74, 6) is 0.785. The summed E-state index contributed by atoms with van der Waals surface area (Å²) >= 11 is 0. The van der Waals surface area contributed by atoms with Gasteiger partial charge in [0.1, 0.15) is 5.58 Å². The van der Waals surface area contributed by atoms with Gasteiger partial charge in [0, 0.05) is 39.1 Å². The number of hydrogen-bond acceptors (Lipinski definition) is 5. The molecule has 0 radical (unpaired) electrons. The smallest absolute Gasteiger partial charge is 0.151 e. The molecule has 0 amide bonds. The number of aryl methyl sites for hydroxylation is 1. The van der Waals surface area contributed by atoms with Crippen molar-refractivity contribution in [1.82, 2.24) is 10.0 Å². The molecule has 0 aliphatic carbocycles. The van der Waals surface area contributed by atoms with Crippen molar-refractivity contribution in [3.63, 3.8) is 0 Å². The van der Waals surface area contributed by atoms with E-state index >= 15 is 0 Å². The van der Waals surface area contributed by atoms with E-state index in [4.69, 9.17) is 4.42 Å². The molecular formula is C16H22N4O. The average Bonchev–Trinajstić information content (AvgIpc) is 2.83. The van der Waals surface area contributed by atoms with E-state index in [1.54, 1.807) is 10.0 Å². The first-order valence-electron chi connectivity index (χ1n) is 6.86. The largest absolute Gasteiger partial charge is 0.454 e. The molecule has 0 bridgehead atoms. The Morgan fingerprint density at radius 2 is 1.86 bits per heavy atom. The van der Waals surface area contributed by atoms with Crippen molar-refractivity contribution >= 4 is 22.9 Å². The minimum Gasteiger partial charge on any atom is -0.454 e. The topological polar surface area (TPSA) is 44.3 Å². The van der Waals surface area contributed by atoms with E-state index in [2.05, 4.69) is 16.3 Å². The maximum Gasteiger partial charge on any atom is 0.151 e. The molecular weight excluding hydrogens is 264 g/mol. The standard InChI is InChI=1S/C16H22N4O/c1-11-7-8-13(10-17-19(3)4)14-9-15(21-16(11)14)12(2)18-20(5)6/h7-10H,1-6H3/b17-10-,18-12-. The molecule has 2 aromatic rings. The number of rotatable bonds is 4. The third-order valence-corrected chi connectivity index (χ3v) is 3.05. The Balaban J connectivity index is 2.55. The molecule has 5 nitrogen and oxygen atoms in total. The zero-order chi connectivity index (χ0) is 15.6. The predicted octanol–water partition coefficient (Wildman–Crippen LogP) is 2.92. The van der Waals surface area contributed by atoms with Crippen molar-refractivity contribution in [1.29, 1.82) is 0 Å². The highest BCUT2D eigenvalue weighted by Crippen LogP contribution is 2.26. The Morgan fingerprint density at radius 1 is 1.14 bits per heavy atom. The Bertz CT molecular complexity index is 696. The van der Waals surface area contributed by atoms with Crippen LogP contribution >= 0.6 is 0 Å². The van der Waals surface area contributed by atoms with Crippen LogP contribution in [-0.2, 0) is 0 Å². The molecule has 0 spiro atoms. The van der Waals surface area contributed by atoms with Gasteiger partial charge in [-0.05, 0) is 25.5 Å². The Kier molecular flexibility index (Phi) is 4.31. The molecule has 2 rings (SSSR count). The van der Waals surface area contributed by atoms with E-state index in [0.29, 0.717) is 0 Å². The molecule has 0 fully saturated rings. The van der Waals surface area contributed by atoms with Crippen LogP contribution in [0.25, 0.3) is 11.0 Å². The minimum absolute atomic E-state index is 0.785. The lowest BCUT2D eigenvalue weighted by Crippen LogP contribution is -2.06. The lowest BCUT2D eigenvalue weighted by Gasteiger charge is -2.04. The molecule has 112 valence electrons. The van der Waals surface area contributed by atoms with E-state index in [-0.39, 0.29) is 0 Å². The van der Waals surface area contributed by atoms with Crippen LogP contribution in [0.4, 0.5) is 0 Å². The lowest BCUT2D eigenvalue weighted by molar-refractivity contribution is 0.435. The SMILES string of the molecule is C/C(=N/N(C)C)c1cc2c(/C=N\N(C)C)ccc(C)c2o1. The summed E-state index contributed by atoms with van der Waals surface area (Å²) in [4.78, 5) is 0. The van der Waals surface area contributed by atoms with Crippen LogP contribution in [-0.4, -0.2) is 50.1 Å². The summed E-state index contributed by atoms with van der Waals surface area (Å²) in [5.41, 5.74) is 3.89. The van der Waals surface area contributed by atoms with Crippen LogP contribution < -0.4 is 0 Å². The van der Waals surface area contributed by atoms with E-state index in [1.807, 2.05) is 60.4 Å². The molecule has 21 heavy (non-hydrogen) atoms. The monoisotopic (exact) mass is 286 g/mol. The van der Waals surface area contributed by atoms with Gasteiger partial charge in [0.2, 0.25) is 0 Å². The molecule has 0 saturated heterocycles. The van der Waals surface area contributed by atoms with E-state index in [0.717, 1.165) is 33.6 Å². The summed E-state index contributed by atoms with van der Waals surface area (Å²) in [5, 5.41) is 13.3. The second-order valence-electron chi connectivity index (χ2n) is 5.45. The number of hydrogen-bond donors (Lipinski definition) is 0. The first kappa shape index (κ1) is 15.1. The zero-order valence-electron chi connectivity index (χ0n) is 13.5. The zero-order valence-corrected chi connectivity index (χ0v) is 13.5. The van der Waals surface area contributed by atoms with Crippen LogP contribution in [0.1, 0.15) is 23.8 Å². The third kappa shape index (κ3) is 3.42. The van der Waals surface area contributed by atoms with Crippen molar-refractivity contribution in [2.24, 2.45) is 10.2 Å². The van der Waals surface area contributed by atoms with Crippen molar-refractivity contribution < 1.29 is 4.42 Å². The molecule has 0 atom stereocenters. The predicted molar refractivity (Wildman–Crippen MR) is 88.1 cm³/mol. The number of benzene rings is 1. The average molecular weight is 286 g/mol. The summed E-state index contributed by atoms with van der Waals surface area (Å²) in [6, 6.07) is 6.13. The molecule has 1 heterocycles. The van der Waals surface area contributed by atoms with Gasteiger partial charge in [-0.3, -0.25) is 0 Å². The van der Waals surface area contributed by atoms with Gasteiger partial charge >= 0.3 is 0 Å². The van der Waals surface area contributed by atoms with Gasteiger partial charge < -0.3 is 14.4 Å². The van der Waals surface area contributed by atoms with E-state index < -0.39 is 0 Å². The highest BCUT2D eigenvalue weighted by atomic mass is 16.3. The van der Waals surface area contributed by atoms with Crippen LogP contribution in [0.2, 0.25) is 0 Å². The highest BCUT2D eigenvalue weighted by Gasteiger charge is 2.12. The molecule has 0 aliphatic rings. The second kappa shape index (κ2) is 5.99. The third-order valence-electron chi connectivity index (χ3n) is 3.05. The molecule has 1 aromatic heterocycles. The van der Waals surface area contributed by atoms with Gasteiger partial charge in [-0.2, -0.15) is 10.2 Å². The normalized spacial score (nSPS) is 12.4. The van der Waals surface area contributed by atoms with Crippen LogP contribution in [0, 0.1) is 6.92 Å². The van der Waals surface area contributed by atoms with Crippen LogP contribution in [0.5, 0.6) is 0 Å². The van der Waals surface area contributed by atoms with Crippen LogP contribution in [0.15, 0.2) is 32.8 Å². The molecule has 1 aromatic carbocycles. The summed E-state index contributed by atoms with van der Waals surface area (Å²) in [6.45, 7) is 3.99. The van der Waals surface area contributed by atoms with Crippen LogP contribution in [0.3, 0.4) is 0 Å². The first-order chi connectivity index (χ1) is 9.88. The van der Waals surface area contributed by atoms with Gasteiger partial charge in [0.15, 0.2) is 5.76 Å². The van der Waals surface area contributed by atoms with Gasteiger partial charge in [-0.1, -0.05) is 12.1 Å². The Hall–Kier alpha value is -2.30. The van der Waals surface area contributed by atoms with Crippen molar-refractivity contribution in [2.45, 2.75) is 13.8 Å². The first-order valence-corrected chi connectivity index (χ1v) is 6.86. The number of nitrogens with zero attached hydrogens (tertiary/aromatic N) is 4. The summed E-state index contributed by atoms with van der Waals surface area (Å²) < 4.78 is 5.98.